The molecule has 0 spiro atoms. The van der Waals surface area contributed by atoms with Crippen molar-refractivity contribution in [3.8, 4) is 0 Å². The van der Waals surface area contributed by atoms with Crippen LogP contribution in [0.2, 0.25) is 0 Å². The highest BCUT2D eigenvalue weighted by Gasteiger charge is 2.16. The van der Waals surface area contributed by atoms with Crippen molar-refractivity contribution in [2.45, 2.75) is 31.6 Å². The zero-order valence-electron chi connectivity index (χ0n) is 13.2. The second-order valence-corrected chi connectivity index (χ2v) is 6.90. The Morgan fingerprint density at radius 2 is 1.83 bits per heavy atom. The number of amides is 1. The average Bonchev–Trinajstić information content (AvgIpc) is 2.49. The van der Waals surface area contributed by atoms with Gasteiger partial charge in [0.2, 0.25) is 5.91 Å². The SMILES string of the molecule is CCCc1ccccc1NS(=O)(=O)c1cccc(NC(C)=O)c1. The number of nitrogens with one attached hydrogen (secondary N) is 2. The van der Waals surface area contributed by atoms with E-state index in [1.807, 2.05) is 19.1 Å². The molecule has 0 bridgehead atoms. The molecule has 0 saturated heterocycles. The molecule has 122 valence electrons. The van der Waals surface area contributed by atoms with Gasteiger partial charge in [-0.15, -0.1) is 0 Å². The van der Waals surface area contributed by atoms with Crippen LogP contribution >= 0.6 is 0 Å². The molecular formula is C17H20N2O3S. The van der Waals surface area contributed by atoms with Gasteiger partial charge in [0.05, 0.1) is 10.6 Å². The molecule has 6 heteroatoms. The average molecular weight is 332 g/mol. The Bertz CT molecular complexity index is 801. The van der Waals surface area contributed by atoms with E-state index < -0.39 is 10.0 Å². The summed E-state index contributed by atoms with van der Waals surface area (Å²) < 4.78 is 27.8. The topological polar surface area (TPSA) is 75.3 Å². The molecule has 0 radical (unpaired) electrons. The van der Waals surface area contributed by atoms with Gasteiger partial charge in [0.1, 0.15) is 0 Å². The standard InChI is InChI=1S/C17H20N2O3S/c1-3-7-14-8-4-5-11-17(14)19-23(21,22)16-10-6-9-15(12-16)18-13(2)20/h4-6,8-12,19H,3,7H2,1-2H3,(H,18,20). The van der Waals surface area contributed by atoms with Gasteiger partial charge in [0, 0.05) is 12.6 Å². The molecule has 2 N–H and O–H groups in total. The lowest BCUT2D eigenvalue weighted by Gasteiger charge is -2.13. The number of hydrogen-bond donors (Lipinski definition) is 2. The van der Waals surface area contributed by atoms with Crippen molar-refractivity contribution in [3.63, 3.8) is 0 Å². The Kier molecular flexibility index (Phi) is 5.39. The van der Waals surface area contributed by atoms with E-state index >= 15 is 0 Å². The molecule has 0 aliphatic rings. The summed E-state index contributed by atoms with van der Waals surface area (Å²) in [6.45, 7) is 3.42. The first-order valence-electron chi connectivity index (χ1n) is 7.41. The van der Waals surface area contributed by atoms with Gasteiger partial charge < -0.3 is 5.32 Å². The van der Waals surface area contributed by atoms with E-state index in [0.717, 1.165) is 18.4 Å². The number of para-hydroxylation sites is 1. The summed E-state index contributed by atoms with van der Waals surface area (Å²) in [5.74, 6) is -0.249. The second-order valence-electron chi connectivity index (χ2n) is 5.22. The first kappa shape index (κ1) is 17.0. The summed E-state index contributed by atoms with van der Waals surface area (Å²) in [5.41, 5.74) is 1.98. The minimum atomic E-state index is -3.71. The largest absolute Gasteiger partial charge is 0.326 e. The number of anilines is 2. The maximum Gasteiger partial charge on any atom is 0.261 e. The molecule has 2 aromatic carbocycles. The molecule has 2 rings (SSSR count). The van der Waals surface area contributed by atoms with Crippen molar-refractivity contribution in [1.29, 1.82) is 0 Å². The van der Waals surface area contributed by atoms with Gasteiger partial charge in [-0.1, -0.05) is 37.6 Å². The van der Waals surface area contributed by atoms with Crippen LogP contribution in [0, 0.1) is 0 Å². The number of carbonyl (C=O) groups is 1. The van der Waals surface area contributed by atoms with Crippen molar-refractivity contribution in [2.24, 2.45) is 0 Å². The van der Waals surface area contributed by atoms with Crippen molar-refractivity contribution in [1.82, 2.24) is 0 Å². The lowest BCUT2D eigenvalue weighted by atomic mass is 10.1. The van der Waals surface area contributed by atoms with Gasteiger partial charge in [0.25, 0.3) is 10.0 Å². The number of benzene rings is 2. The normalized spacial score (nSPS) is 11.0. The monoisotopic (exact) mass is 332 g/mol. The van der Waals surface area contributed by atoms with Gasteiger partial charge in [-0.2, -0.15) is 0 Å². The highest BCUT2D eigenvalue weighted by molar-refractivity contribution is 7.92. The summed E-state index contributed by atoms with van der Waals surface area (Å²) in [6.07, 6.45) is 1.72. The smallest absolute Gasteiger partial charge is 0.261 e. The maximum absolute atomic E-state index is 12.6. The van der Waals surface area contributed by atoms with Gasteiger partial charge in [-0.3, -0.25) is 9.52 Å². The fraction of sp³-hybridized carbons (Fsp3) is 0.235. The molecule has 0 heterocycles. The van der Waals surface area contributed by atoms with Crippen molar-refractivity contribution in [2.75, 3.05) is 10.0 Å². The van der Waals surface area contributed by atoms with Gasteiger partial charge >= 0.3 is 0 Å². The molecule has 0 saturated carbocycles. The predicted molar refractivity (Wildman–Crippen MR) is 92.0 cm³/mol. The van der Waals surface area contributed by atoms with E-state index in [9.17, 15) is 13.2 Å². The van der Waals surface area contributed by atoms with E-state index in [1.165, 1.54) is 19.1 Å². The zero-order chi connectivity index (χ0) is 16.9. The zero-order valence-corrected chi connectivity index (χ0v) is 14.0. The molecule has 0 unspecified atom stereocenters. The summed E-state index contributed by atoms with van der Waals surface area (Å²) in [6, 6.07) is 13.5. The van der Waals surface area contributed by atoms with E-state index in [4.69, 9.17) is 0 Å². The Balaban J connectivity index is 2.31. The Labute approximate surface area is 136 Å². The van der Waals surface area contributed by atoms with Crippen LogP contribution in [0.3, 0.4) is 0 Å². The number of carbonyl (C=O) groups excluding carboxylic acids is 1. The van der Waals surface area contributed by atoms with Crippen LogP contribution in [0.25, 0.3) is 0 Å². The lowest BCUT2D eigenvalue weighted by Crippen LogP contribution is -2.15. The van der Waals surface area contributed by atoms with Crippen molar-refractivity contribution < 1.29 is 13.2 Å². The third kappa shape index (κ3) is 4.56. The summed E-state index contributed by atoms with van der Waals surface area (Å²) in [7, 11) is -3.71. The molecule has 1 amide bonds. The third-order valence-corrected chi connectivity index (χ3v) is 4.61. The molecule has 0 atom stereocenters. The lowest BCUT2D eigenvalue weighted by molar-refractivity contribution is -0.114. The Hall–Kier alpha value is -2.34. The quantitative estimate of drug-likeness (QED) is 0.851. The second kappa shape index (κ2) is 7.28. The van der Waals surface area contributed by atoms with Gasteiger partial charge in [-0.25, -0.2) is 8.42 Å². The summed E-state index contributed by atoms with van der Waals surface area (Å²) in [5, 5.41) is 2.58. The van der Waals surface area contributed by atoms with Crippen LogP contribution in [0.15, 0.2) is 53.4 Å². The predicted octanol–water partition coefficient (Wildman–Crippen LogP) is 3.40. The number of rotatable bonds is 6. The van der Waals surface area contributed by atoms with E-state index in [1.54, 1.807) is 24.3 Å². The Morgan fingerprint density at radius 3 is 2.52 bits per heavy atom. The molecule has 5 nitrogen and oxygen atoms in total. The highest BCUT2D eigenvalue weighted by Crippen LogP contribution is 2.22. The van der Waals surface area contributed by atoms with Crippen LogP contribution in [-0.4, -0.2) is 14.3 Å². The first-order valence-corrected chi connectivity index (χ1v) is 8.89. The van der Waals surface area contributed by atoms with E-state index in [0.29, 0.717) is 11.4 Å². The molecule has 0 aliphatic carbocycles. The highest BCUT2D eigenvalue weighted by atomic mass is 32.2. The first-order chi connectivity index (χ1) is 10.9. The maximum atomic E-state index is 12.6. The van der Waals surface area contributed by atoms with Crippen molar-refractivity contribution in [3.05, 3.63) is 54.1 Å². The fourth-order valence-electron chi connectivity index (χ4n) is 2.26. The molecule has 0 aliphatic heterocycles. The molecule has 0 aromatic heterocycles. The van der Waals surface area contributed by atoms with Crippen LogP contribution in [0.1, 0.15) is 25.8 Å². The van der Waals surface area contributed by atoms with E-state index in [-0.39, 0.29) is 10.8 Å². The molecule has 0 fully saturated rings. The fourth-order valence-corrected chi connectivity index (χ4v) is 3.40. The van der Waals surface area contributed by atoms with E-state index in [2.05, 4.69) is 10.0 Å². The minimum Gasteiger partial charge on any atom is -0.326 e. The van der Waals surface area contributed by atoms with Gasteiger partial charge in [-0.05, 0) is 36.2 Å². The van der Waals surface area contributed by atoms with Crippen molar-refractivity contribution >= 4 is 27.3 Å². The third-order valence-electron chi connectivity index (χ3n) is 3.25. The van der Waals surface area contributed by atoms with Crippen LogP contribution in [0.4, 0.5) is 11.4 Å². The summed E-state index contributed by atoms with van der Waals surface area (Å²) in [4.78, 5) is 11.2. The van der Waals surface area contributed by atoms with Crippen LogP contribution in [-0.2, 0) is 21.2 Å². The molecule has 23 heavy (non-hydrogen) atoms. The minimum absolute atomic E-state index is 0.107. The Morgan fingerprint density at radius 1 is 1.09 bits per heavy atom. The summed E-state index contributed by atoms with van der Waals surface area (Å²) >= 11 is 0. The molecule has 2 aromatic rings. The molecular weight excluding hydrogens is 312 g/mol. The van der Waals surface area contributed by atoms with Crippen LogP contribution in [0.5, 0.6) is 0 Å². The van der Waals surface area contributed by atoms with Crippen LogP contribution < -0.4 is 10.0 Å². The number of aryl methyl sites for hydroxylation is 1. The number of sulfonamides is 1. The number of hydrogen-bond acceptors (Lipinski definition) is 3. The van der Waals surface area contributed by atoms with Gasteiger partial charge in [0.15, 0.2) is 0 Å².